The van der Waals surface area contributed by atoms with Crippen molar-refractivity contribution in [3.8, 4) is 11.5 Å². The molecule has 108 valence electrons. The molecular weight excluding hydrogens is 362 g/mol. The number of nitro groups is 1. The fourth-order valence-corrected chi connectivity index (χ4v) is 2.17. The minimum Gasteiger partial charge on any atom is -0.455 e. The van der Waals surface area contributed by atoms with Crippen molar-refractivity contribution in [2.24, 2.45) is 0 Å². The maximum atomic E-state index is 11.6. The van der Waals surface area contributed by atoms with E-state index in [1.165, 1.54) is 25.1 Å². The van der Waals surface area contributed by atoms with E-state index < -0.39 is 4.92 Å². The van der Waals surface area contributed by atoms with Gasteiger partial charge in [0.2, 0.25) is 0 Å². The zero-order valence-corrected chi connectivity index (χ0v) is 13.1. The second-order valence-corrected chi connectivity index (χ2v) is 5.49. The lowest BCUT2D eigenvalue weighted by molar-refractivity contribution is -0.384. The Hall–Kier alpha value is -1.92. The van der Waals surface area contributed by atoms with Crippen LogP contribution >= 0.6 is 27.5 Å². The van der Waals surface area contributed by atoms with Crippen molar-refractivity contribution in [1.82, 2.24) is 0 Å². The molecule has 0 aliphatic carbocycles. The summed E-state index contributed by atoms with van der Waals surface area (Å²) in [5, 5.41) is 11.0. The summed E-state index contributed by atoms with van der Waals surface area (Å²) in [5.41, 5.74) is 0.217. The third-order valence-electron chi connectivity index (χ3n) is 2.67. The van der Waals surface area contributed by atoms with Gasteiger partial charge < -0.3 is 4.74 Å². The second-order valence-electron chi connectivity index (χ2n) is 4.17. The van der Waals surface area contributed by atoms with E-state index in [1.807, 2.05) is 0 Å². The third kappa shape index (κ3) is 3.59. The minimum atomic E-state index is -0.546. The molecule has 0 saturated heterocycles. The van der Waals surface area contributed by atoms with Gasteiger partial charge in [-0.15, -0.1) is 0 Å². The molecule has 0 saturated carbocycles. The standard InChI is InChI=1S/C14H9BrClNO4/c1-8(18)11-4-2-9(15)6-13(11)21-14-7-10(17(19)20)3-5-12(14)16/h2-7H,1H3. The fourth-order valence-electron chi connectivity index (χ4n) is 1.67. The first-order valence-corrected chi connectivity index (χ1v) is 6.98. The van der Waals surface area contributed by atoms with Crippen LogP contribution in [0.5, 0.6) is 11.5 Å². The fraction of sp³-hybridized carbons (Fsp3) is 0.0714. The van der Waals surface area contributed by atoms with Crippen molar-refractivity contribution >= 4 is 39.0 Å². The summed E-state index contributed by atoms with van der Waals surface area (Å²) in [6, 6.07) is 8.78. The summed E-state index contributed by atoms with van der Waals surface area (Å²) in [6.45, 7) is 1.41. The highest BCUT2D eigenvalue weighted by molar-refractivity contribution is 9.10. The van der Waals surface area contributed by atoms with Crippen molar-refractivity contribution in [3.05, 3.63) is 61.6 Å². The van der Waals surface area contributed by atoms with E-state index in [4.69, 9.17) is 16.3 Å². The highest BCUT2D eigenvalue weighted by atomic mass is 79.9. The van der Waals surface area contributed by atoms with Crippen LogP contribution in [0, 0.1) is 10.1 Å². The van der Waals surface area contributed by atoms with Gasteiger partial charge in [-0.1, -0.05) is 27.5 Å². The topological polar surface area (TPSA) is 69.4 Å². The van der Waals surface area contributed by atoms with Gasteiger partial charge in [0.15, 0.2) is 11.5 Å². The number of hydrogen-bond donors (Lipinski definition) is 0. The summed E-state index contributed by atoms with van der Waals surface area (Å²) in [7, 11) is 0. The minimum absolute atomic E-state index is 0.117. The van der Waals surface area contributed by atoms with E-state index in [9.17, 15) is 14.9 Å². The Bertz CT molecular complexity index is 733. The van der Waals surface area contributed by atoms with E-state index in [-0.39, 0.29) is 28.0 Å². The Morgan fingerprint density at radius 2 is 1.95 bits per heavy atom. The van der Waals surface area contributed by atoms with E-state index in [0.717, 1.165) is 0 Å². The van der Waals surface area contributed by atoms with Gasteiger partial charge in [-0.25, -0.2) is 0 Å². The number of benzene rings is 2. The lowest BCUT2D eigenvalue weighted by Gasteiger charge is -2.11. The largest absolute Gasteiger partial charge is 0.455 e. The molecule has 2 aromatic rings. The van der Waals surface area contributed by atoms with Crippen molar-refractivity contribution in [2.75, 3.05) is 0 Å². The molecule has 0 atom stereocenters. The van der Waals surface area contributed by atoms with Gasteiger partial charge >= 0.3 is 0 Å². The monoisotopic (exact) mass is 369 g/mol. The number of halogens is 2. The summed E-state index contributed by atoms with van der Waals surface area (Å²) < 4.78 is 6.30. The Morgan fingerprint density at radius 1 is 1.24 bits per heavy atom. The van der Waals surface area contributed by atoms with Crippen LogP contribution in [0.25, 0.3) is 0 Å². The SMILES string of the molecule is CC(=O)c1ccc(Br)cc1Oc1cc([N+](=O)[O-])ccc1Cl. The molecule has 0 radical (unpaired) electrons. The number of non-ortho nitro benzene ring substituents is 1. The molecule has 0 heterocycles. The van der Waals surface area contributed by atoms with E-state index in [1.54, 1.807) is 18.2 Å². The van der Waals surface area contributed by atoms with E-state index >= 15 is 0 Å². The average molecular weight is 371 g/mol. The van der Waals surface area contributed by atoms with E-state index in [2.05, 4.69) is 15.9 Å². The number of ketones is 1. The molecule has 2 rings (SSSR count). The number of Topliss-reactive ketones (excluding diaryl/α,β-unsaturated/α-hetero) is 1. The van der Waals surface area contributed by atoms with Crippen LogP contribution in [0.4, 0.5) is 5.69 Å². The summed E-state index contributed by atoms with van der Waals surface area (Å²) in [4.78, 5) is 21.8. The first-order chi connectivity index (χ1) is 9.88. The summed E-state index contributed by atoms with van der Waals surface area (Å²) in [5.74, 6) is 0.213. The molecule has 0 bridgehead atoms. The van der Waals surface area contributed by atoms with Crippen molar-refractivity contribution in [2.45, 2.75) is 6.92 Å². The molecule has 0 fully saturated rings. The number of rotatable bonds is 4. The predicted molar refractivity (Wildman–Crippen MR) is 82.3 cm³/mol. The van der Waals surface area contributed by atoms with Crippen molar-refractivity contribution in [1.29, 1.82) is 0 Å². The lowest BCUT2D eigenvalue weighted by Crippen LogP contribution is -1.98. The maximum absolute atomic E-state index is 11.6. The Labute approximate surface area is 133 Å². The Kier molecular flexibility index (Phi) is 4.59. The quantitative estimate of drug-likeness (QED) is 0.431. The molecule has 2 aromatic carbocycles. The summed E-state index contributed by atoms with van der Waals surface area (Å²) >= 11 is 9.26. The molecule has 0 aliphatic heterocycles. The molecule has 0 unspecified atom stereocenters. The van der Waals surface area contributed by atoms with Gasteiger partial charge in [0, 0.05) is 10.5 Å². The number of nitrogens with zero attached hydrogens (tertiary/aromatic N) is 1. The van der Waals surface area contributed by atoms with E-state index in [0.29, 0.717) is 10.0 Å². The molecule has 0 N–H and O–H groups in total. The number of nitro benzene ring substituents is 1. The number of hydrogen-bond acceptors (Lipinski definition) is 4. The zero-order valence-electron chi connectivity index (χ0n) is 10.8. The Balaban J connectivity index is 2.47. The van der Waals surface area contributed by atoms with Gasteiger partial charge in [-0.05, 0) is 31.2 Å². The molecule has 5 nitrogen and oxygen atoms in total. The van der Waals surface area contributed by atoms with Crippen LogP contribution < -0.4 is 4.74 Å². The van der Waals surface area contributed by atoms with Gasteiger partial charge in [0.1, 0.15) is 5.75 Å². The molecule has 0 spiro atoms. The van der Waals surface area contributed by atoms with Gasteiger partial charge in [-0.2, -0.15) is 0 Å². The molecule has 7 heteroatoms. The molecular formula is C14H9BrClNO4. The predicted octanol–water partition coefficient (Wildman–Crippen LogP) is 5.01. The van der Waals surface area contributed by atoms with Crippen LogP contribution in [-0.2, 0) is 0 Å². The van der Waals surface area contributed by atoms with Crippen LogP contribution in [0.3, 0.4) is 0 Å². The smallest absolute Gasteiger partial charge is 0.273 e. The second kappa shape index (κ2) is 6.24. The number of ether oxygens (including phenoxy) is 1. The lowest BCUT2D eigenvalue weighted by atomic mass is 10.1. The van der Waals surface area contributed by atoms with Gasteiger partial charge in [0.05, 0.1) is 21.6 Å². The number of carbonyl (C=O) groups excluding carboxylic acids is 1. The first kappa shape index (κ1) is 15.5. The van der Waals surface area contributed by atoms with Crippen LogP contribution in [0.15, 0.2) is 40.9 Å². The van der Waals surface area contributed by atoms with Gasteiger partial charge in [0.25, 0.3) is 5.69 Å². The van der Waals surface area contributed by atoms with Crippen LogP contribution in [0.1, 0.15) is 17.3 Å². The molecule has 0 amide bonds. The maximum Gasteiger partial charge on any atom is 0.273 e. The van der Waals surface area contributed by atoms with Crippen LogP contribution in [-0.4, -0.2) is 10.7 Å². The van der Waals surface area contributed by atoms with Gasteiger partial charge in [-0.3, -0.25) is 14.9 Å². The van der Waals surface area contributed by atoms with Crippen LogP contribution in [0.2, 0.25) is 5.02 Å². The molecule has 0 aliphatic rings. The first-order valence-electron chi connectivity index (χ1n) is 5.81. The highest BCUT2D eigenvalue weighted by Crippen LogP contribution is 2.35. The average Bonchev–Trinajstić information content (AvgIpc) is 2.40. The van der Waals surface area contributed by atoms with Crippen molar-refractivity contribution in [3.63, 3.8) is 0 Å². The Morgan fingerprint density at radius 3 is 2.57 bits per heavy atom. The summed E-state index contributed by atoms with van der Waals surface area (Å²) in [6.07, 6.45) is 0. The normalized spacial score (nSPS) is 10.2. The zero-order chi connectivity index (χ0) is 15.6. The third-order valence-corrected chi connectivity index (χ3v) is 3.47. The molecule has 0 aromatic heterocycles. The molecule has 21 heavy (non-hydrogen) atoms. The number of carbonyl (C=O) groups is 1. The highest BCUT2D eigenvalue weighted by Gasteiger charge is 2.15. The van der Waals surface area contributed by atoms with Crippen molar-refractivity contribution < 1.29 is 14.5 Å².